The molecule has 1 aromatic heterocycles. The highest BCUT2D eigenvalue weighted by atomic mass is 14.9. The van der Waals surface area contributed by atoms with Crippen molar-refractivity contribution in [3.05, 3.63) is 47.8 Å². The number of hydrogen-bond acceptors (Lipinski definition) is 2. The Hall–Kier alpha value is -1.70. The van der Waals surface area contributed by atoms with Gasteiger partial charge in [0.15, 0.2) is 5.82 Å². The monoisotopic (exact) mass is 530 g/mol. The molecule has 2 aliphatic carbocycles. The van der Waals surface area contributed by atoms with Gasteiger partial charge in [-0.2, -0.15) is 0 Å². The zero-order chi connectivity index (χ0) is 27.1. The summed E-state index contributed by atoms with van der Waals surface area (Å²) in [6, 6.07) is 9.24. The molecule has 0 aliphatic heterocycles. The largest absolute Gasteiger partial charge is 0.236 e. The first kappa shape index (κ1) is 30.3. The third-order valence-electron chi connectivity index (χ3n) is 10.2. The topological polar surface area (TPSA) is 25.8 Å². The molecule has 0 atom stereocenters. The van der Waals surface area contributed by atoms with Crippen LogP contribution in [0.4, 0.5) is 0 Å². The van der Waals surface area contributed by atoms with E-state index in [0.29, 0.717) is 0 Å². The molecule has 2 nitrogen and oxygen atoms in total. The van der Waals surface area contributed by atoms with Crippen LogP contribution < -0.4 is 0 Å². The number of aromatic nitrogens is 2. The maximum Gasteiger partial charge on any atom is 0.159 e. The van der Waals surface area contributed by atoms with E-state index in [1.165, 1.54) is 140 Å². The van der Waals surface area contributed by atoms with Crippen LogP contribution in [0.15, 0.2) is 36.7 Å². The summed E-state index contributed by atoms with van der Waals surface area (Å²) >= 11 is 0. The molecule has 2 heteroatoms. The van der Waals surface area contributed by atoms with E-state index in [1.54, 1.807) is 0 Å². The third-order valence-corrected chi connectivity index (χ3v) is 10.2. The molecule has 0 radical (unpaired) electrons. The Morgan fingerprint density at radius 1 is 0.590 bits per heavy atom. The molecule has 2 fully saturated rings. The van der Waals surface area contributed by atoms with Crippen LogP contribution in [0, 0.1) is 17.8 Å². The summed E-state index contributed by atoms with van der Waals surface area (Å²) < 4.78 is 0. The van der Waals surface area contributed by atoms with Crippen LogP contribution >= 0.6 is 0 Å². The number of benzene rings is 1. The molecule has 0 spiro atoms. The SMILES string of the molecule is CCCCCCCCCCc1cnc(-c2ccc(C3CCC(C4CCC(CCCCC)CC4)CC3)cc2)nc1. The summed E-state index contributed by atoms with van der Waals surface area (Å²) in [7, 11) is 0. The molecule has 0 bridgehead atoms. The molecule has 0 saturated heterocycles. The first-order valence-corrected chi connectivity index (χ1v) is 17.2. The highest BCUT2D eigenvalue weighted by Crippen LogP contribution is 2.44. The molecule has 0 N–H and O–H groups in total. The van der Waals surface area contributed by atoms with E-state index in [-0.39, 0.29) is 0 Å². The van der Waals surface area contributed by atoms with Crippen LogP contribution in [0.25, 0.3) is 11.4 Å². The van der Waals surface area contributed by atoms with Crippen molar-refractivity contribution in [3.8, 4) is 11.4 Å². The average Bonchev–Trinajstić information content (AvgIpc) is 3.00. The predicted octanol–water partition coefficient (Wildman–Crippen LogP) is 11.5. The first-order valence-electron chi connectivity index (χ1n) is 17.2. The van der Waals surface area contributed by atoms with E-state index < -0.39 is 0 Å². The smallest absolute Gasteiger partial charge is 0.159 e. The third kappa shape index (κ3) is 10.0. The zero-order valence-electron chi connectivity index (χ0n) is 25.5. The van der Waals surface area contributed by atoms with Crippen LogP contribution in [0.5, 0.6) is 0 Å². The van der Waals surface area contributed by atoms with E-state index in [9.17, 15) is 0 Å². The van der Waals surface area contributed by atoms with Gasteiger partial charge in [0.2, 0.25) is 0 Å². The molecule has 2 aliphatic rings. The lowest BCUT2D eigenvalue weighted by Gasteiger charge is -2.38. The minimum Gasteiger partial charge on any atom is -0.236 e. The molecule has 1 aromatic carbocycles. The van der Waals surface area contributed by atoms with Gasteiger partial charge in [0, 0.05) is 18.0 Å². The van der Waals surface area contributed by atoms with E-state index in [1.807, 2.05) is 0 Å². The van der Waals surface area contributed by atoms with Crippen LogP contribution in [0.3, 0.4) is 0 Å². The number of nitrogens with zero attached hydrogens (tertiary/aromatic N) is 2. The summed E-state index contributed by atoms with van der Waals surface area (Å²) in [5.41, 5.74) is 3.97. The van der Waals surface area contributed by atoms with E-state index in [2.05, 4.69) is 50.5 Å². The molecule has 2 saturated carbocycles. The van der Waals surface area contributed by atoms with Crippen LogP contribution in [0.2, 0.25) is 0 Å². The molecular weight excluding hydrogens is 472 g/mol. The maximum absolute atomic E-state index is 4.72. The lowest BCUT2D eigenvalue weighted by atomic mass is 9.68. The lowest BCUT2D eigenvalue weighted by molar-refractivity contribution is 0.155. The fraction of sp³-hybridized carbons (Fsp3) is 0.730. The number of aryl methyl sites for hydroxylation is 1. The van der Waals surface area contributed by atoms with Crippen LogP contribution in [-0.4, -0.2) is 9.97 Å². The van der Waals surface area contributed by atoms with Crippen molar-refractivity contribution in [2.24, 2.45) is 17.8 Å². The van der Waals surface area contributed by atoms with Crippen molar-refractivity contribution in [1.29, 1.82) is 0 Å². The van der Waals surface area contributed by atoms with E-state index in [4.69, 9.17) is 9.97 Å². The van der Waals surface area contributed by atoms with Gasteiger partial charge < -0.3 is 0 Å². The van der Waals surface area contributed by atoms with Gasteiger partial charge in [-0.3, -0.25) is 0 Å². The van der Waals surface area contributed by atoms with E-state index in [0.717, 1.165) is 41.5 Å². The summed E-state index contributed by atoms with van der Waals surface area (Å²) in [6.07, 6.45) is 33.6. The van der Waals surface area contributed by atoms with Crippen molar-refractivity contribution in [1.82, 2.24) is 9.97 Å². The highest BCUT2D eigenvalue weighted by Gasteiger charge is 2.31. The van der Waals surface area contributed by atoms with Gasteiger partial charge in [0.25, 0.3) is 0 Å². The lowest BCUT2D eigenvalue weighted by Crippen LogP contribution is -2.25. The molecule has 0 amide bonds. The zero-order valence-corrected chi connectivity index (χ0v) is 25.5. The standard InChI is InChI=1S/C37H58N2/c1-3-5-7-8-9-10-11-13-15-31-28-38-37(39-29-31)36-26-24-35(25-27-36)34-22-20-33(21-23-34)32-18-16-30(17-19-32)14-12-6-4-2/h24-30,32-34H,3-23H2,1-2H3. The van der Waals surface area contributed by atoms with Crippen molar-refractivity contribution >= 4 is 0 Å². The van der Waals surface area contributed by atoms with Crippen LogP contribution in [0.1, 0.15) is 159 Å². The van der Waals surface area contributed by atoms with Gasteiger partial charge in [-0.25, -0.2) is 9.97 Å². The second kappa shape index (κ2) is 17.2. The normalized spacial score (nSPS) is 23.6. The second-order valence-electron chi connectivity index (χ2n) is 13.2. The van der Waals surface area contributed by atoms with Crippen molar-refractivity contribution in [3.63, 3.8) is 0 Å². The van der Waals surface area contributed by atoms with Crippen molar-refractivity contribution < 1.29 is 0 Å². The summed E-state index contributed by atoms with van der Waals surface area (Å²) in [5.74, 6) is 4.67. The minimum atomic E-state index is 0.746. The van der Waals surface area contributed by atoms with Gasteiger partial charge in [0.1, 0.15) is 0 Å². The van der Waals surface area contributed by atoms with Gasteiger partial charge in [-0.15, -0.1) is 0 Å². The fourth-order valence-corrected chi connectivity index (χ4v) is 7.56. The van der Waals surface area contributed by atoms with E-state index >= 15 is 0 Å². The Morgan fingerprint density at radius 3 is 1.74 bits per heavy atom. The molecule has 216 valence electrons. The Balaban J connectivity index is 1.15. The van der Waals surface area contributed by atoms with Crippen molar-refractivity contribution in [2.45, 2.75) is 155 Å². The Morgan fingerprint density at radius 2 is 1.13 bits per heavy atom. The summed E-state index contributed by atoms with van der Waals surface area (Å²) in [5, 5.41) is 0. The van der Waals surface area contributed by atoms with Crippen LogP contribution in [-0.2, 0) is 6.42 Å². The maximum atomic E-state index is 4.72. The van der Waals surface area contributed by atoms with Gasteiger partial charge in [0.05, 0.1) is 0 Å². The second-order valence-corrected chi connectivity index (χ2v) is 13.2. The molecular formula is C37H58N2. The number of rotatable bonds is 16. The molecule has 39 heavy (non-hydrogen) atoms. The molecule has 0 unspecified atom stereocenters. The average molecular weight is 531 g/mol. The van der Waals surface area contributed by atoms with Gasteiger partial charge in [-0.1, -0.05) is 122 Å². The Kier molecular flexibility index (Phi) is 13.3. The number of unbranched alkanes of at least 4 members (excludes halogenated alkanes) is 9. The quantitative estimate of drug-likeness (QED) is 0.202. The predicted molar refractivity (Wildman–Crippen MR) is 168 cm³/mol. The Labute approximate surface area is 241 Å². The molecule has 2 aromatic rings. The minimum absolute atomic E-state index is 0.746. The Bertz CT molecular complexity index is 886. The van der Waals surface area contributed by atoms with Gasteiger partial charge in [-0.05, 0) is 86.2 Å². The first-order chi connectivity index (χ1) is 19.3. The fourth-order valence-electron chi connectivity index (χ4n) is 7.56. The molecule has 1 heterocycles. The number of hydrogen-bond donors (Lipinski definition) is 0. The summed E-state index contributed by atoms with van der Waals surface area (Å²) in [4.78, 5) is 9.43. The van der Waals surface area contributed by atoms with Crippen molar-refractivity contribution in [2.75, 3.05) is 0 Å². The summed E-state index contributed by atoms with van der Waals surface area (Å²) in [6.45, 7) is 4.61. The van der Waals surface area contributed by atoms with Gasteiger partial charge >= 0.3 is 0 Å². The highest BCUT2D eigenvalue weighted by molar-refractivity contribution is 5.55. The molecule has 4 rings (SSSR count).